The van der Waals surface area contributed by atoms with Crippen LogP contribution in [0.3, 0.4) is 0 Å². The number of hydrogen-bond acceptors (Lipinski definition) is 4. The van der Waals surface area contributed by atoms with Gasteiger partial charge in [0.25, 0.3) is 0 Å². The van der Waals surface area contributed by atoms with Gasteiger partial charge in [-0.1, -0.05) is 6.92 Å². The first-order chi connectivity index (χ1) is 8.10. The summed E-state index contributed by atoms with van der Waals surface area (Å²) in [5.41, 5.74) is -0.207. The molecule has 1 aliphatic heterocycles. The van der Waals surface area contributed by atoms with Crippen LogP contribution >= 0.6 is 0 Å². The average molecular weight is 245 g/mol. The van der Waals surface area contributed by atoms with E-state index in [1.807, 2.05) is 0 Å². The highest BCUT2D eigenvalue weighted by atomic mass is 16.5. The van der Waals surface area contributed by atoms with E-state index in [1.54, 1.807) is 7.11 Å². The molecule has 17 heavy (non-hydrogen) atoms. The minimum Gasteiger partial charge on any atom is -0.381 e. The zero-order valence-electron chi connectivity index (χ0n) is 11.6. The third-order valence-electron chi connectivity index (χ3n) is 3.48. The Hall–Kier alpha value is -0.160. The SMILES string of the molecule is CCNC(COC1CCOCC1)C(C)(C)OC. The molecule has 1 fully saturated rings. The van der Waals surface area contributed by atoms with E-state index >= 15 is 0 Å². The van der Waals surface area contributed by atoms with Crippen LogP contribution in [0.1, 0.15) is 33.6 Å². The Morgan fingerprint density at radius 2 is 2.00 bits per heavy atom. The van der Waals surface area contributed by atoms with E-state index in [-0.39, 0.29) is 11.6 Å². The maximum absolute atomic E-state index is 5.96. The summed E-state index contributed by atoms with van der Waals surface area (Å²) in [4.78, 5) is 0. The fourth-order valence-electron chi connectivity index (χ4n) is 1.97. The largest absolute Gasteiger partial charge is 0.381 e. The maximum Gasteiger partial charge on any atom is 0.0797 e. The molecule has 0 aromatic rings. The summed E-state index contributed by atoms with van der Waals surface area (Å²) in [6, 6.07) is 0.223. The van der Waals surface area contributed by atoms with Crippen LogP contribution < -0.4 is 5.32 Å². The average Bonchev–Trinajstić information content (AvgIpc) is 2.35. The fraction of sp³-hybridized carbons (Fsp3) is 1.00. The molecule has 0 spiro atoms. The van der Waals surface area contributed by atoms with E-state index < -0.39 is 0 Å². The van der Waals surface area contributed by atoms with Crippen LogP contribution in [0, 0.1) is 0 Å². The number of methoxy groups -OCH3 is 1. The number of likely N-dealkylation sites (N-methyl/N-ethyl adjacent to an activating group) is 1. The Morgan fingerprint density at radius 1 is 1.35 bits per heavy atom. The van der Waals surface area contributed by atoms with Crippen molar-refractivity contribution in [3.8, 4) is 0 Å². The van der Waals surface area contributed by atoms with Crippen molar-refractivity contribution in [2.75, 3.05) is 33.5 Å². The molecule has 0 radical (unpaired) electrons. The Morgan fingerprint density at radius 3 is 2.53 bits per heavy atom. The van der Waals surface area contributed by atoms with Gasteiger partial charge in [0.1, 0.15) is 0 Å². The second-order valence-corrected chi connectivity index (χ2v) is 5.06. The van der Waals surface area contributed by atoms with E-state index in [2.05, 4.69) is 26.1 Å². The van der Waals surface area contributed by atoms with Crippen LogP contribution in [0.25, 0.3) is 0 Å². The normalized spacial score (nSPS) is 20.5. The molecular formula is C13H27NO3. The number of hydrogen-bond donors (Lipinski definition) is 1. The first-order valence-corrected chi connectivity index (χ1v) is 6.58. The van der Waals surface area contributed by atoms with Gasteiger partial charge in [0, 0.05) is 20.3 Å². The molecule has 1 unspecified atom stereocenters. The standard InChI is InChI=1S/C13H27NO3/c1-5-14-12(13(2,3)15-4)10-17-11-6-8-16-9-7-11/h11-12,14H,5-10H2,1-4H3. The summed E-state index contributed by atoms with van der Waals surface area (Å²) >= 11 is 0. The highest BCUT2D eigenvalue weighted by molar-refractivity contribution is 4.85. The van der Waals surface area contributed by atoms with Crippen LogP contribution in [0.15, 0.2) is 0 Å². The number of ether oxygens (including phenoxy) is 3. The molecule has 0 aliphatic carbocycles. The molecule has 1 saturated heterocycles. The molecule has 102 valence electrons. The van der Waals surface area contributed by atoms with E-state index in [9.17, 15) is 0 Å². The molecule has 1 rings (SSSR count). The molecular weight excluding hydrogens is 218 g/mol. The summed E-state index contributed by atoms with van der Waals surface area (Å²) in [6.45, 7) is 9.55. The Kier molecular flexibility index (Phi) is 6.41. The van der Waals surface area contributed by atoms with Crippen LogP contribution in [0.2, 0.25) is 0 Å². The van der Waals surface area contributed by atoms with Gasteiger partial charge >= 0.3 is 0 Å². The number of nitrogens with one attached hydrogen (secondary N) is 1. The van der Waals surface area contributed by atoms with Crippen molar-refractivity contribution < 1.29 is 14.2 Å². The molecule has 4 nitrogen and oxygen atoms in total. The van der Waals surface area contributed by atoms with Crippen LogP contribution in [0.5, 0.6) is 0 Å². The summed E-state index contributed by atoms with van der Waals surface area (Å²) in [5, 5.41) is 3.43. The van der Waals surface area contributed by atoms with E-state index in [4.69, 9.17) is 14.2 Å². The lowest BCUT2D eigenvalue weighted by atomic mass is 9.99. The molecule has 0 bridgehead atoms. The van der Waals surface area contributed by atoms with Gasteiger partial charge in [0.15, 0.2) is 0 Å². The van der Waals surface area contributed by atoms with Crippen molar-refractivity contribution in [2.45, 2.75) is 51.4 Å². The highest BCUT2D eigenvalue weighted by Crippen LogP contribution is 2.17. The van der Waals surface area contributed by atoms with Gasteiger partial charge in [-0.05, 0) is 33.2 Å². The summed E-state index contributed by atoms with van der Waals surface area (Å²) in [5.74, 6) is 0. The van der Waals surface area contributed by atoms with Crippen LogP contribution in [0.4, 0.5) is 0 Å². The predicted octanol–water partition coefficient (Wildman–Crippen LogP) is 1.59. The van der Waals surface area contributed by atoms with Gasteiger partial charge < -0.3 is 19.5 Å². The lowest BCUT2D eigenvalue weighted by Crippen LogP contribution is -2.51. The molecule has 0 amide bonds. The van der Waals surface area contributed by atoms with Crippen LogP contribution in [-0.4, -0.2) is 51.2 Å². The molecule has 0 aromatic heterocycles. The minimum absolute atomic E-state index is 0.207. The zero-order valence-corrected chi connectivity index (χ0v) is 11.6. The maximum atomic E-state index is 5.96. The van der Waals surface area contributed by atoms with E-state index in [0.29, 0.717) is 12.7 Å². The van der Waals surface area contributed by atoms with Gasteiger partial charge in [-0.25, -0.2) is 0 Å². The molecule has 1 N–H and O–H groups in total. The van der Waals surface area contributed by atoms with Crippen LogP contribution in [-0.2, 0) is 14.2 Å². The molecule has 0 aromatic carbocycles. The summed E-state index contributed by atoms with van der Waals surface area (Å²) in [7, 11) is 1.75. The smallest absolute Gasteiger partial charge is 0.0797 e. The molecule has 0 saturated carbocycles. The van der Waals surface area contributed by atoms with Gasteiger partial charge in [-0.2, -0.15) is 0 Å². The van der Waals surface area contributed by atoms with Crippen molar-refractivity contribution in [2.24, 2.45) is 0 Å². The van der Waals surface area contributed by atoms with Crippen molar-refractivity contribution in [1.29, 1.82) is 0 Å². The van der Waals surface area contributed by atoms with E-state index in [1.165, 1.54) is 0 Å². The van der Waals surface area contributed by atoms with Gasteiger partial charge in [0.2, 0.25) is 0 Å². The minimum atomic E-state index is -0.207. The summed E-state index contributed by atoms with van der Waals surface area (Å²) < 4.78 is 16.8. The molecule has 1 aliphatic rings. The lowest BCUT2D eigenvalue weighted by Gasteiger charge is -2.35. The third kappa shape index (κ3) is 4.92. The van der Waals surface area contributed by atoms with Crippen molar-refractivity contribution in [3.05, 3.63) is 0 Å². The van der Waals surface area contributed by atoms with E-state index in [0.717, 1.165) is 32.6 Å². The summed E-state index contributed by atoms with van der Waals surface area (Å²) in [6.07, 6.45) is 2.36. The molecule has 4 heteroatoms. The van der Waals surface area contributed by atoms with Crippen molar-refractivity contribution in [3.63, 3.8) is 0 Å². The van der Waals surface area contributed by atoms with Gasteiger partial charge in [-0.3, -0.25) is 0 Å². The monoisotopic (exact) mass is 245 g/mol. The number of rotatable bonds is 7. The van der Waals surface area contributed by atoms with Gasteiger partial charge in [0.05, 0.1) is 24.4 Å². The second kappa shape index (κ2) is 7.31. The van der Waals surface area contributed by atoms with Crippen molar-refractivity contribution in [1.82, 2.24) is 5.32 Å². The second-order valence-electron chi connectivity index (χ2n) is 5.06. The van der Waals surface area contributed by atoms with Crippen molar-refractivity contribution >= 4 is 0 Å². The molecule has 1 atom stereocenters. The third-order valence-corrected chi connectivity index (χ3v) is 3.48. The lowest BCUT2D eigenvalue weighted by molar-refractivity contribution is -0.0758. The first-order valence-electron chi connectivity index (χ1n) is 6.58. The zero-order chi connectivity index (χ0) is 12.7. The Bertz CT molecular complexity index is 203. The van der Waals surface area contributed by atoms with Gasteiger partial charge in [-0.15, -0.1) is 0 Å². The Balaban J connectivity index is 2.37. The first kappa shape index (κ1) is 14.9. The predicted molar refractivity (Wildman–Crippen MR) is 68.3 cm³/mol. The highest BCUT2D eigenvalue weighted by Gasteiger charge is 2.29. The molecule has 1 heterocycles. The topological polar surface area (TPSA) is 39.7 Å². The fourth-order valence-corrected chi connectivity index (χ4v) is 1.97. The Labute approximate surface area is 105 Å². The quantitative estimate of drug-likeness (QED) is 0.739.